The van der Waals surface area contributed by atoms with E-state index in [1.165, 1.54) is 28.6 Å². The van der Waals surface area contributed by atoms with Crippen LogP contribution < -0.4 is 4.74 Å². The molecule has 4 rings (SSSR count). The third kappa shape index (κ3) is 4.76. The van der Waals surface area contributed by atoms with E-state index in [9.17, 15) is 18.5 Å². The van der Waals surface area contributed by atoms with E-state index < -0.39 is 14.9 Å². The topological polar surface area (TPSA) is 99.0 Å². The number of halogens is 1. The number of sulfonamides is 1. The Morgan fingerprint density at radius 2 is 1.81 bits per heavy atom. The van der Waals surface area contributed by atoms with Gasteiger partial charge in [0, 0.05) is 41.4 Å². The third-order valence-electron chi connectivity index (χ3n) is 4.96. The number of hydrogen-bond donors (Lipinski definition) is 0. The first kappa shape index (κ1) is 22.2. The Hall–Kier alpha value is -2.98. The van der Waals surface area contributed by atoms with E-state index in [4.69, 9.17) is 21.1 Å². The van der Waals surface area contributed by atoms with Gasteiger partial charge >= 0.3 is 0 Å². The molecule has 3 aromatic carbocycles. The summed E-state index contributed by atoms with van der Waals surface area (Å²) in [5, 5.41) is 11.7. The minimum Gasteiger partial charge on any atom is -0.467 e. The Bertz CT molecular complexity index is 1250. The van der Waals surface area contributed by atoms with Gasteiger partial charge in [0.15, 0.2) is 6.79 Å². The van der Waals surface area contributed by atoms with Crippen LogP contribution in [0, 0.1) is 10.1 Å². The predicted octanol–water partition coefficient (Wildman–Crippen LogP) is 4.51. The van der Waals surface area contributed by atoms with Crippen LogP contribution in [0.2, 0.25) is 5.02 Å². The van der Waals surface area contributed by atoms with Crippen LogP contribution in [0.4, 0.5) is 5.69 Å². The standard InChI is InChI=1S/C22H19ClN2O6S/c23-19-7-4-8-21(11-19)32(28,29)24(12-16-5-2-1-3-6-16)13-17-9-20(25(26)27)10-18-14-30-15-31-22(17)18/h1-11H,12-15H2. The monoisotopic (exact) mass is 474 g/mol. The zero-order chi connectivity index (χ0) is 22.7. The molecule has 1 aliphatic heterocycles. The van der Waals surface area contributed by atoms with Gasteiger partial charge in [-0.1, -0.05) is 48.0 Å². The van der Waals surface area contributed by atoms with E-state index in [-0.39, 0.29) is 37.1 Å². The van der Waals surface area contributed by atoms with E-state index in [0.717, 1.165) is 5.56 Å². The second kappa shape index (κ2) is 9.25. The fourth-order valence-corrected chi connectivity index (χ4v) is 5.19. The highest BCUT2D eigenvalue weighted by molar-refractivity contribution is 7.89. The fraction of sp³-hybridized carbons (Fsp3) is 0.182. The highest BCUT2D eigenvalue weighted by Gasteiger charge is 2.29. The zero-order valence-corrected chi connectivity index (χ0v) is 18.4. The second-order valence-electron chi connectivity index (χ2n) is 7.18. The first-order valence-electron chi connectivity index (χ1n) is 9.65. The lowest BCUT2D eigenvalue weighted by Gasteiger charge is -2.26. The van der Waals surface area contributed by atoms with Gasteiger partial charge in [0.25, 0.3) is 5.69 Å². The SMILES string of the molecule is O=[N+]([O-])c1cc2c(c(CN(Cc3ccccc3)S(=O)(=O)c3cccc(Cl)c3)c1)OCOC2. The van der Waals surface area contributed by atoms with Crippen LogP contribution in [-0.2, 0) is 34.5 Å². The van der Waals surface area contributed by atoms with Crippen molar-refractivity contribution in [3.8, 4) is 5.75 Å². The summed E-state index contributed by atoms with van der Waals surface area (Å²) < 4.78 is 39.2. The minimum absolute atomic E-state index is 0.0163. The number of ether oxygens (including phenoxy) is 2. The number of rotatable bonds is 7. The van der Waals surface area contributed by atoms with E-state index in [2.05, 4.69) is 0 Å². The highest BCUT2D eigenvalue weighted by Crippen LogP contribution is 2.35. The van der Waals surface area contributed by atoms with Gasteiger partial charge in [0.1, 0.15) is 5.75 Å². The Balaban J connectivity index is 1.79. The number of non-ortho nitro benzene ring substituents is 1. The summed E-state index contributed by atoms with van der Waals surface area (Å²) in [7, 11) is -3.99. The first-order chi connectivity index (χ1) is 15.3. The molecule has 0 amide bonds. The number of fused-ring (bicyclic) bond motifs is 1. The van der Waals surface area contributed by atoms with Crippen LogP contribution >= 0.6 is 11.6 Å². The summed E-state index contributed by atoms with van der Waals surface area (Å²) in [5.41, 5.74) is 1.49. The van der Waals surface area contributed by atoms with Gasteiger partial charge in [-0.15, -0.1) is 0 Å². The second-order valence-corrected chi connectivity index (χ2v) is 9.55. The molecule has 32 heavy (non-hydrogen) atoms. The van der Waals surface area contributed by atoms with Gasteiger partial charge in [0.2, 0.25) is 10.0 Å². The molecule has 0 saturated heterocycles. The van der Waals surface area contributed by atoms with Gasteiger partial charge in [0.05, 0.1) is 16.4 Å². The maximum absolute atomic E-state index is 13.5. The van der Waals surface area contributed by atoms with Crippen LogP contribution in [0.15, 0.2) is 71.6 Å². The van der Waals surface area contributed by atoms with Crippen molar-refractivity contribution in [1.82, 2.24) is 4.31 Å². The molecule has 0 atom stereocenters. The number of hydrogen-bond acceptors (Lipinski definition) is 6. The molecule has 10 heteroatoms. The maximum Gasteiger partial charge on any atom is 0.270 e. The zero-order valence-electron chi connectivity index (χ0n) is 16.8. The van der Waals surface area contributed by atoms with Crippen molar-refractivity contribution < 1.29 is 22.8 Å². The fourth-order valence-electron chi connectivity index (χ4n) is 3.48. The van der Waals surface area contributed by atoms with Gasteiger partial charge < -0.3 is 9.47 Å². The lowest BCUT2D eigenvalue weighted by atomic mass is 10.1. The average Bonchev–Trinajstić information content (AvgIpc) is 2.79. The summed E-state index contributed by atoms with van der Waals surface area (Å²) in [5.74, 6) is 0.404. The van der Waals surface area contributed by atoms with Crippen molar-refractivity contribution in [3.05, 3.63) is 98.6 Å². The number of nitro benzene ring substituents is 1. The predicted molar refractivity (Wildman–Crippen MR) is 118 cm³/mol. The Morgan fingerprint density at radius 3 is 2.53 bits per heavy atom. The summed E-state index contributed by atoms with van der Waals surface area (Å²) in [6.07, 6.45) is 0. The first-order valence-corrected chi connectivity index (χ1v) is 11.5. The van der Waals surface area contributed by atoms with Crippen LogP contribution in [0.5, 0.6) is 5.75 Å². The number of nitro groups is 1. The Morgan fingerprint density at radius 1 is 1.03 bits per heavy atom. The molecule has 0 N–H and O–H groups in total. The van der Waals surface area contributed by atoms with Crippen LogP contribution in [0.3, 0.4) is 0 Å². The Kier molecular flexibility index (Phi) is 6.43. The molecule has 0 unspecified atom stereocenters. The highest BCUT2D eigenvalue weighted by atomic mass is 35.5. The normalized spacial score (nSPS) is 13.4. The quantitative estimate of drug-likeness (QED) is 0.369. The van der Waals surface area contributed by atoms with Gasteiger partial charge in [-0.2, -0.15) is 4.31 Å². The number of nitrogens with zero attached hydrogens (tertiary/aromatic N) is 2. The van der Waals surface area contributed by atoms with Crippen molar-refractivity contribution >= 4 is 27.3 Å². The summed E-state index contributed by atoms with van der Waals surface area (Å²) in [4.78, 5) is 11.0. The molecule has 0 aromatic heterocycles. The molecule has 0 bridgehead atoms. The lowest BCUT2D eigenvalue weighted by molar-refractivity contribution is -0.385. The number of benzene rings is 3. The van der Waals surface area contributed by atoms with Gasteiger partial charge in [-0.05, 0) is 23.8 Å². The van der Waals surface area contributed by atoms with Gasteiger partial charge in [-0.3, -0.25) is 10.1 Å². The largest absolute Gasteiger partial charge is 0.467 e. The lowest BCUT2D eigenvalue weighted by Crippen LogP contribution is -2.31. The van der Waals surface area contributed by atoms with Gasteiger partial charge in [-0.25, -0.2) is 8.42 Å². The smallest absolute Gasteiger partial charge is 0.270 e. The van der Waals surface area contributed by atoms with Crippen LogP contribution in [0.1, 0.15) is 16.7 Å². The summed E-state index contributed by atoms with van der Waals surface area (Å²) in [6, 6.07) is 17.8. The molecule has 8 nitrogen and oxygen atoms in total. The molecule has 0 fully saturated rings. The maximum atomic E-state index is 13.5. The summed E-state index contributed by atoms with van der Waals surface area (Å²) >= 11 is 6.03. The van der Waals surface area contributed by atoms with Crippen LogP contribution in [-0.4, -0.2) is 24.4 Å². The molecular weight excluding hydrogens is 456 g/mol. The molecule has 0 spiro atoms. The minimum atomic E-state index is -3.99. The molecule has 0 radical (unpaired) electrons. The van der Waals surface area contributed by atoms with Crippen LogP contribution in [0.25, 0.3) is 0 Å². The molecule has 1 aliphatic rings. The molecular formula is C22H19ClN2O6S. The Labute approximate surface area is 190 Å². The average molecular weight is 475 g/mol. The molecule has 0 saturated carbocycles. The molecule has 1 heterocycles. The van der Waals surface area contributed by atoms with E-state index in [0.29, 0.717) is 21.9 Å². The van der Waals surface area contributed by atoms with Crippen molar-refractivity contribution in [1.29, 1.82) is 0 Å². The summed E-state index contributed by atoms with van der Waals surface area (Å²) in [6.45, 7) is 0.0543. The van der Waals surface area contributed by atoms with E-state index >= 15 is 0 Å². The molecule has 3 aromatic rings. The van der Waals surface area contributed by atoms with Crippen molar-refractivity contribution in [3.63, 3.8) is 0 Å². The van der Waals surface area contributed by atoms with Crippen molar-refractivity contribution in [2.24, 2.45) is 0 Å². The van der Waals surface area contributed by atoms with E-state index in [1.807, 2.05) is 30.3 Å². The van der Waals surface area contributed by atoms with Crippen molar-refractivity contribution in [2.45, 2.75) is 24.6 Å². The van der Waals surface area contributed by atoms with Crippen molar-refractivity contribution in [2.75, 3.05) is 6.79 Å². The molecule has 0 aliphatic carbocycles. The molecule has 166 valence electrons. The third-order valence-corrected chi connectivity index (χ3v) is 6.99. The van der Waals surface area contributed by atoms with E-state index in [1.54, 1.807) is 12.1 Å².